The first kappa shape index (κ1) is 12.2. The number of aromatic nitrogens is 4. The van der Waals surface area contributed by atoms with E-state index in [0.717, 1.165) is 5.69 Å². The third-order valence-electron chi connectivity index (χ3n) is 2.52. The maximum absolute atomic E-state index is 11.8. The first-order valence-corrected chi connectivity index (χ1v) is 5.43. The molecule has 0 atom stereocenters. The number of hydrazine groups is 1. The van der Waals surface area contributed by atoms with Crippen molar-refractivity contribution in [3.05, 3.63) is 46.0 Å². The molecule has 7 heteroatoms. The van der Waals surface area contributed by atoms with E-state index in [9.17, 15) is 4.79 Å². The van der Waals surface area contributed by atoms with Gasteiger partial charge in [0.25, 0.3) is 0 Å². The molecule has 0 unspecified atom stereocenters. The van der Waals surface area contributed by atoms with Crippen molar-refractivity contribution in [1.82, 2.24) is 19.5 Å². The minimum absolute atomic E-state index is 0.282. The van der Waals surface area contributed by atoms with Gasteiger partial charge in [0.1, 0.15) is 0 Å². The summed E-state index contributed by atoms with van der Waals surface area (Å²) in [5.41, 5.74) is 4.34. The molecule has 0 amide bonds. The summed E-state index contributed by atoms with van der Waals surface area (Å²) in [6.07, 6.45) is 3.08. The smallest absolute Gasteiger partial charge is 0.307 e. The number of nitrogens with two attached hydrogens (primary N) is 1. The monoisotopic (exact) mass is 246 g/mol. The first-order valence-electron chi connectivity index (χ1n) is 5.43. The number of anilines is 1. The number of hydrogen-bond donors (Lipinski definition) is 2. The van der Waals surface area contributed by atoms with E-state index in [1.165, 1.54) is 6.20 Å². The second-order valence-corrected chi connectivity index (χ2v) is 3.94. The Hall–Kier alpha value is -2.28. The van der Waals surface area contributed by atoms with Gasteiger partial charge in [-0.25, -0.2) is 15.6 Å². The van der Waals surface area contributed by atoms with Crippen molar-refractivity contribution in [2.75, 3.05) is 5.43 Å². The van der Waals surface area contributed by atoms with Crippen molar-refractivity contribution in [2.24, 2.45) is 5.84 Å². The number of nitrogen functional groups attached to an aromatic ring is 1. The van der Waals surface area contributed by atoms with Gasteiger partial charge in [0.05, 0.1) is 24.6 Å². The minimum Gasteiger partial charge on any atom is -0.307 e. The van der Waals surface area contributed by atoms with Crippen LogP contribution in [0, 0.1) is 13.8 Å². The van der Waals surface area contributed by atoms with E-state index in [2.05, 4.69) is 20.4 Å². The molecule has 0 aliphatic rings. The topological polar surface area (TPSA) is 98.7 Å². The summed E-state index contributed by atoms with van der Waals surface area (Å²) in [6.45, 7) is 4.00. The molecular weight excluding hydrogens is 232 g/mol. The van der Waals surface area contributed by atoms with E-state index in [0.29, 0.717) is 23.8 Å². The zero-order valence-corrected chi connectivity index (χ0v) is 10.2. The molecule has 94 valence electrons. The van der Waals surface area contributed by atoms with E-state index in [1.54, 1.807) is 17.7 Å². The Morgan fingerprint density at radius 3 is 2.67 bits per heavy atom. The van der Waals surface area contributed by atoms with Gasteiger partial charge in [-0.2, -0.15) is 4.98 Å². The Morgan fingerprint density at radius 1 is 1.33 bits per heavy atom. The lowest BCUT2D eigenvalue weighted by Crippen LogP contribution is -2.26. The Morgan fingerprint density at radius 2 is 2.11 bits per heavy atom. The van der Waals surface area contributed by atoms with E-state index >= 15 is 0 Å². The second-order valence-electron chi connectivity index (χ2n) is 3.94. The second kappa shape index (κ2) is 4.92. The molecule has 0 aliphatic heterocycles. The SMILES string of the molecule is Cc1cc(C)n(Cc2cnc(NN)cn2)c(=O)n1. The average Bonchev–Trinajstić information content (AvgIpc) is 2.34. The van der Waals surface area contributed by atoms with Crippen molar-refractivity contribution in [3.8, 4) is 0 Å². The fraction of sp³-hybridized carbons (Fsp3) is 0.273. The molecule has 0 aromatic carbocycles. The third kappa shape index (κ3) is 2.51. The molecule has 18 heavy (non-hydrogen) atoms. The highest BCUT2D eigenvalue weighted by molar-refractivity contribution is 5.28. The van der Waals surface area contributed by atoms with Crippen molar-refractivity contribution in [1.29, 1.82) is 0 Å². The van der Waals surface area contributed by atoms with Crippen LogP contribution in [0.2, 0.25) is 0 Å². The molecule has 0 spiro atoms. The number of rotatable bonds is 3. The highest BCUT2D eigenvalue weighted by Gasteiger charge is 2.05. The van der Waals surface area contributed by atoms with Gasteiger partial charge in [-0.05, 0) is 19.9 Å². The zero-order chi connectivity index (χ0) is 13.1. The predicted molar refractivity (Wildman–Crippen MR) is 66.9 cm³/mol. The van der Waals surface area contributed by atoms with Crippen LogP contribution in [0.5, 0.6) is 0 Å². The molecule has 7 nitrogen and oxygen atoms in total. The molecule has 0 radical (unpaired) electrons. The summed E-state index contributed by atoms with van der Waals surface area (Å²) in [5, 5.41) is 0. The molecule has 0 fully saturated rings. The fourth-order valence-electron chi connectivity index (χ4n) is 1.64. The van der Waals surface area contributed by atoms with Crippen LogP contribution >= 0.6 is 0 Å². The molecule has 0 aliphatic carbocycles. The van der Waals surface area contributed by atoms with Gasteiger partial charge in [0.2, 0.25) is 0 Å². The summed E-state index contributed by atoms with van der Waals surface area (Å²) in [4.78, 5) is 23.8. The summed E-state index contributed by atoms with van der Waals surface area (Å²) in [6, 6.07) is 1.85. The Labute approximate surface area is 104 Å². The lowest BCUT2D eigenvalue weighted by molar-refractivity contribution is 0.678. The van der Waals surface area contributed by atoms with Crippen molar-refractivity contribution in [3.63, 3.8) is 0 Å². The molecular formula is C11H14N6O. The molecule has 3 N–H and O–H groups in total. The lowest BCUT2D eigenvalue weighted by Gasteiger charge is -2.09. The average molecular weight is 246 g/mol. The molecule has 0 saturated carbocycles. The standard InChI is InChI=1S/C11H14N6O/c1-7-3-8(2)17(11(18)15-7)6-9-4-14-10(16-12)5-13-9/h3-5H,6,12H2,1-2H3,(H,14,16). The fourth-order valence-corrected chi connectivity index (χ4v) is 1.64. The molecule has 2 aromatic heterocycles. The van der Waals surface area contributed by atoms with Crippen LogP contribution < -0.4 is 17.0 Å². The van der Waals surface area contributed by atoms with Crippen LogP contribution in [0.4, 0.5) is 5.82 Å². The molecule has 2 heterocycles. The normalized spacial score (nSPS) is 10.4. The van der Waals surface area contributed by atoms with Crippen molar-refractivity contribution in [2.45, 2.75) is 20.4 Å². The maximum Gasteiger partial charge on any atom is 0.348 e. The van der Waals surface area contributed by atoms with Gasteiger partial charge in [-0.15, -0.1) is 0 Å². The summed E-state index contributed by atoms with van der Waals surface area (Å²) in [5.74, 6) is 5.68. The van der Waals surface area contributed by atoms with Gasteiger partial charge in [0, 0.05) is 11.4 Å². The third-order valence-corrected chi connectivity index (χ3v) is 2.52. The van der Waals surface area contributed by atoms with E-state index in [4.69, 9.17) is 5.84 Å². The number of nitrogens with one attached hydrogen (secondary N) is 1. The number of nitrogens with zero attached hydrogens (tertiary/aromatic N) is 4. The van der Waals surface area contributed by atoms with Crippen LogP contribution in [-0.2, 0) is 6.54 Å². The van der Waals surface area contributed by atoms with Crippen LogP contribution in [0.3, 0.4) is 0 Å². The Kier molecular flexibility index (Phi) is 3.33. The van der Waals surface area contributed by atoms with Crippen LogP contribution in [0.15, 0.2) is 23.3 Å². The number of hydrogen-bond acceptors (Lipinski definition) is 6. The minimum atomic E-state index is -0.282. The zero-order valence-electron chi connectivity index (χ0n) is 10.2. The summed E-state index contributed by atoms with van der Waals surface area (Å²) < 4.78 is 1.55. The van der Waals surface area contributed by atoms with Gasteiger partial charge >= 0.3 is 5.69 Å². The van der Waals surface area contributed by atoms with Gasteiger partial charge in [-0.3, -0.25) is 9.55 Å². The van der Waals surface area contributed by atoms with Gasteiger partial charge in [0.15, 0.2) is 5.82 Å². The maximum atomic E-state index is 11.8. The largest absolute Gasteiger partial charge is 0.348 e. The lowest BCUT2D eigenvalue weighted by atomic mass is 10.3. The molecule has 2 aromatic rings. The molecule has 2 rings (SSSR count). The predicted octanol–water partition coefficient (Wildman–Crippen LogP) is -0.0160. The van der Waals surface area contributed by atoms with Crippen molar-refractivity contribution >= 4 is 5.82 Å². The van der Waals surface area contributed by atoms with Gasteiger partial charge < -0.3 is 5.43 Å². The molecule has 0 saturated heterocycles. The van der Waals surface area contributed by atoms with Gasteiger partial charge in [-0.1, -0.05) is 0 Å². The van der Waals surface area contributed by atoms with E-state index in [-0.39, 0.29) is 5.69 Å². The first-order chi connectivity index (χ1) is 8.60. The Balaban J connectivity index is 2.31. The highest BCUT2D eigenvalue weighted by Crippen LogP contribution is 2.03. The van der Waals surface area contributed by atoms with Crippen LogP contribution in [0.1, 0.15) is 17.1 Å². The van der Waals surface area contributed by atoms with Crippen molar-refractivity contribution < 1.29 is 0 Å². The summed E-state index contributed by atoms with van der Waals surface area (Å²) in [7, 11) is 0. The van der Waals surface area contributed by atoms with E-state index in [1.807, 2.05) is 13.0 Å². The van der Waals surface area contributed by atoms with Crippen LogP contribution in [0.25, 0.3) is 0 Å². The summed E-state index contributed by atoms with van der Waals surface area (Å²) >= 11 is 0. The van der Waals surface area contributed by atoms with E-state index < -0.39 is 0 Å². The molecule has 0 bridgehead atoms. The highest BCUT2D eigenvalue weighted by atomic mass is 16.1. The Bertz CT molecular complexity index is 604. The number of aryl methyl sites for hydroxylation is 2. The van der Waals surface area contributed by atoms with Crippen LogP contribution in [-0.4, -0.2) is 19.5 Å². The quantitative estimate of drug-likeness (QED) is 0.583.